The van der Waals surface area contributed by atoms with Gasteiger partial charge in [0.05, 0.1) is 24.4 Å². The standard InChI is InChI=1S/C11H13N5O4/c12-9-6-10(14-2-13-9)16(3-15-6)5-1-4(11(19)20)7(17)8(5)18/h2-5,7-8,17-18H,1H2,(H,19,20)(H2,12,13,14)/t4-,5+,7+,8-/m0/s1. The zero-order valence-electron chi connectivity index (χ0n) is 10.3. The van der Waals surface area contributed by atoms with Gasteiger partial charge in [-0.15, -0.1) is 0 Å². The lowest BCUT2D eigenvalue weighted by atomic mass is 10.1. The van der Waals surface area contributed by atoms with Crippen molar-refractivity contribution in [3.8, 4) is 0 Å². The molecule has 0 amide bonds. The van der Waals surface area contributed by atoms with Gasteiger partial charge in [0.25, 0.3) is 0 Å². The Bertz CT molecular complexity index is 672. The largest absolute Gasteiger partial charge is 0.481 e. The summed E-state index contributed by atoms with van der Waals surface area (Å²) < 4.78 is 1.53. The van der Waals surface area contributed by atoms with Crippen molar-refractivity contribution >= 4 is 23.0 Å². The van der Waals surface area contributed by atoms with E-state index in [1.54, 1.807) is 0 Å². The number of hydrogen-bond donors (Lipinski definition) is 4. The van der Waals surface area contributed by atoms with Gasteiger partial charge in [0.2, 0.25) is 0 Å². The fraction of sp³-hybridized carbons (Fsp3) is 0.455. The van der Waals surface area contributed by atoms with Crippen molar-refractivity contribution in [3.63, 3.8) is 0 Å². The Labute approximate surface area is 112 Å². The Hall–Kier alpha value is -2.26. The molecule has 9 nitrogen and oxygen atoms in total. The van der Waals surface area contributed by atoms with Crippen LogP contribution >= 0.6 is 0 Å². The zero-order chi connectivity index (χ0) is 14.4. The van der Waals surface area contributed by atoms with Crippen molar-refractivity contribution in [1.29, 1.82) is 0 Å². The molecular weight excluding hydrogens is 266 g/mol. The molecule has 2 aromatic heterocycles. The van der Waals surface area contributed by atoms with Crippen molar-refractivity contribution in [2.75, 3.05) is 5.73 Å². The summed E-state index contributed by atoms with van der Waals surface area (Å²) in [6, 6.07) is -0.620. The molecular formula is C11H13N5O4. The fourth-order valence-corrected chi connectivity index (χ4v) is 2.64. The van der Waals surface area contributed by atoms with Gasteiger partial charge in [0, 0.05) is 0 Å². The van der Waals surface area contributed by atoms with Crippen LogP contribution in [0.1, 0.15) is 12.5 Å². The first-order chi connectivity index (χ1) is 9.50. The van der Waals surface area contributed by atoms with E-state index in [-0.39, 0.29) is 12.2 Å². The summed E-state index contributed by atoms with van der Waals surface area (Å²) in [5.41, 5.74) is 6.46. The number of aliphatic hydroxyl groups excluding tert-OH is 2. The number of hydrogen-bond acceptors (Lipinski definition) is 7. The van der Waals surface area contributed by atoms with Gasteiger partial charge >= 0.3 is 5.97 Å². The smallest absolute Gasteiger partial charge is 0.309 e. The van der Waals surface area contributed by atoms with E-state index in [0.717, 1.165) is 0 Å². The molecule has 0 aliphatic heterocycles. The molecule has 1 saturated carbocycles. The molecule has 9 heteroatoms. The van der Waals surface area contributed by atoms with Crippen molar-refractivity contribution in [1.82, 2.24) is 19.5 Å². The van der Waals surface area contributed by atoms with Crippen LogP contribution in [0.25, 0.3) is 11.2 Å². The number of nitrogens with two attached hydrogens (primary N) is 1. The van der Waals surface area contributed by atoms with E-state index in [1.807, 2.05) is 0 Å². The highest BCUT2D eigenvalue weighted by atomic mass is 16.4. The van der Waals surface area contributed by atoms with Gasteiger partial charge in [-0.25, -0.2) is 15.0 Å². The topological polar surface area (TPSA) is 147 Å². The second-order valence-corrected chi connectivity index (χ2v) is 4.81. The van der Waals surface area contributed by atoms with Gasteiger partial charge in [-0.3, -0.25) is 4.79 Å². The van der Waals surface area contributed by atoms with Crippen LogP contribution in [0.15, 0.2) is 12.7 Å². The number of imidazole rings is 1. The number of carboxylic acid groups (broad SMARTS) is 1. The number of aromatic nitrogens is 4. The van der Waals surface area contributed by atoms with E-state index in [9.17, 15) is 15.0 Å². The maximum Gasteiger partial charge on any atom is 0.309 e. The van der Waals surface area contributed by atoms with Gasteiger partial charge in [-0.1, -0.05) is 0 Å². The minimum atomic E-state index is -1.32. The number of aliphatic hydroxyl groups is 2. The third-order valence-electron chi connectivity index (χ3n) is 3.71. The molecule has 0 spiro atoms. The number of aliphatic carboxylic acids is 1. The minimum absolute atomic E-state index is 0.0903. The van der Waals surface area contributed by atoms with Crippen LogP contribution in [0.4, 0.5) is 5.82 Å². The highest BCUT2D eigenvalue weighted by Gasteiger charge is 2.46. The first-order valence-corrected chi connectivity index (χ1v) is 6.02. The molecule has 106 valence electrons. The number of rotatable bonds is 2. The van der Waals surface area contributed by atoms with Crippen LogP contribution in [0.3, 0.4) is 0 Å². The van der Waals surface area contributed by atoms with Crippen LogP contribution in [0.5, 0.6) is 0 Å². The second-order valence-electron chi connectivity index (χ2n) is 4.81. The Balaban J connectivity index is 2.04. The minimum Gasteiger partial charge on any atom is -0.481 e. The number of anilines is 1. The molecule has 20 heavy (non-hydrogen) atoms. The number of nitrogens with zero attached hydrogens (tertiary/aromatic N) is 4. The van der Waals surface area contributed by atoms with E-state index < -0.39 is 30.1 Å². The maximum absolute atomic E-state index is 11.0. The Morgan fingerprint density at radius 3 is 2.70 bits per heavy atom. The molecule has 0 radical (unpaired) electrons. The molecule has 5 N–H and O–H groups in total. The summed E-state index contributed by atoms with van der Waals surface area (Å²) in [6.07, 6.45) is 0.245. The molecule has 2 aromatic rings. The molecule has 3 rings (SSSR count). The SMILES string of the molecule is Nc1ncnc2c1ncn2[C@@H]1C[C@H](C(=O)O)[C@@H](O)[C@H]1O. The van der Waals surface area contributed by atoms with Crippen LogP contribution in [-0.4, -0.2) is 53.0 Å². The van der Waals surface area contributed by atoms with E-state index in [0.29, 0.717) is 11.2 Å². The molecule has 1 aliphatic rings. The van der Waals surface area contributed by atoms with Crippen LogP contribution < -0.4 is 5.73 Å². The molecule has 0 aromatic carbocycles. The number of carbonyl (C=O) groups is 1. The van der Waals surface area contributed by atoms with E-state index in [1.165, 1.54) is 17.2 Å². The third-order valence-corrected chi connectivity index (χ3v) is 3.71. The molecule has 1 aliphatic carbocycles. The summed E-state index contributed by atoms with van der Waals surface area (Å²) in [7, 11) is 0. The van der Waals surface area contributed by atoms with E-state index >= 15 is 0 Å². The Morgan fingerprint density at radius 1 is 1.30 bits per heavy atom. The van der Waals surface area contributed by atoms with Crippen LogP contribution in [-0.2, 0) is 4.79 Å². The van der Waals surface area contributed by atoms with Gasteiger partial charge < -0.3 is 25.6 Å². The normalized spacial score (nSPS) is 29.9. The average Bonchev–Trinajstić information content (AvgIpc) is 2.94. The lowest BCUT2D eigenvalue weighted by molar-refractivity contribution is -0.145. The molecule has 0 saturated heterocycles. The van der Waals surface area contributed by atoms with Crippen LogP contribution in [0, 0.1) is 5.92 Å². The molecule has 0 unspecified atom stereocenters. The zero-order valence-corrected chi connectivity index (χ0v) is 10.3. The Morgan fingerprint density at radius 2 is 2.05 bits per heavy atom. The van der Waals surface area contributed by atoms with Gasteiger partial charge in [0.1, 0.15) is 17.9 Å². The fourth-order valence-electron chi connectivity index (χ4n) is 2.64. The number of fused-ring (bicyclic) bond motifs is 1. The van der Waals surface area contributed by atoms with Crippen molar-refractivity contribution in [2.45, 2.75) is 24.7 Å². The number of nitrogen functional groups attached to an aromatic ring is 1. The van der Waals surface area contributed by atoms with Gasteiger partial charge in [-0.2, -0.15) is 0 Å². The van der Waals surface area contributed by atoms with Crippen molar-refractivity contribution < 1.29 is 20.1 Å². The van der Waals surface area contributed by atoms with Gasteiger partial charge in [0.15, 0.2) is 11.5 Å². The van der Waals surface area contributed by atoms with Crippen molar-refractivity contribution in [2.24, 2.45) is 5.92 Å². The summed E-state index contributed by atoms with van der Waals surface area (Å²) in [5, 5.41) is 28.9. The Kier molecular flexibility index (Phi) is 2.80. The van der Waals surface area contributed by atoms with E-state index in [2.05, 4.69) is 15.0 Å². The van der Waals surface area contributed by atoms with Crippen molar-refractivity contribution in [3.05, 3.63) is 12.7 Å². The van der Waals surface area contributed by atoms with Gasteiger partial charge in [-0.05, 0) is 6.42 Å². The summed E-state index contributed by atoms with van der Waals surface area (Å²) in [5.74, 6) is -1.96. The molecule has 1 fully saturated rings. The lowest BCUT2D eigenvalue weighted by Gasteiger charge is -2.17. The summed E-state index contributed by atoms with van der Waals surface area (Å²) in [4.78, 5) is 23.0. The first-order valence-electron chi connectivity index (χ1n) is 6.02. The lowest BCUT2D eigenvalue weighted by Crippen LogP contribution is -2.32. The maximum atomic E-state index is 11.0. The average molecular weight is 279 g/mol. The third kappa shape index (κ3) is 1.71. The van der Waals surface area contributed by atoms with E-state index in [4.69, 9.17) is 10.8 Å². The molecule has 4 atom stereocenters. The quantitative estimate of drug-likeness (QED) is 0.534. The summed E-state index contributed by atoms with van der Waals surface area (Å²) >= 11 is 0. The predicted molar refractivity (Wildman–Crippen MR) is 66.5 cm³/mol. The highest BCUT2D eigenvalue weighted by Crippen LogP contribution is 2.37. The first kappa shape index (κ1) is 12.8. The highest BCUT2D eigenvalue weighted by molar-refractivity contribution is 5.81. The number of carboxylic acids is 1. The summed E-state index contributed by atoms with van der Waals surface area (Å²) in [6.45, 7) is 0. The van der Waals surface area contributed by atoms with Crippen LogP contribution in [0.2, 0.25) is 0 Å². The molecule has 0 bridgehead atoms. The second kappa shape index (κ2) is 4.39. The predicted octanol–water partition coefficient (Wildman–Crippen LogP) is -1.22. The monoisotopic (exact) mass is 279 g/mol. The molecule has 2 heterocycles.